The van der Waals surface area contributed by atoms with Gasteiger partial charge in [0.2, 0.25) is 5.91 Å². The lowest BCUT2D eigenvalue weighted by atomic mass is 10.1. The fourth-order valence-electron chi connectivity index (χ4n) is 2.49. The Labute approximate surface area is 164 Å². The number of thiophene rings is 1. The molecule has 4 aromatic rings. The average Bonchev–Trinajstić information content (AvgIpc) is 3.39. The minimum atomic E-state index is -0.511. The molecule has 7 heteroatoms. The Bertz CT molecular complexity index is 1000. The van der Waals surface area contributed by atoms with Crippen LogP contribution < -0.4 is 5.32 Å². The molecule has 0 aliphatic heterocycles. The number of anilines is 1. The average molecular weight is 393 g/mol. The van der Waals surface area contributed by atoms with Crippen molar-refractivity contribution in [2.75, 3.05) is 5.32 Å². The van der Waals surface area contributed by atoms with Crippen molar-refractivity contribution in [2.24, 2.45) is 0 Å². The highest BCUT2D eigenvalue weighted by molar-refractivity contribution is 8.00. The molecule has 0 saturated carbocycles. The predicted octanol–water partition coefficient (Wildman–Crippen LogP) is 5.27. The lowest BCUT2D eigenvalue weighted by Crippen LogP contribution is -2.19. The molecule has 2 heterocycles. The van der Waals surface area contributed by atoms with Gasteiger partial charge in [-0.3, -0.25) is 4.79 Å². The molecule has 2 aromatic carbocycles. The smallest absolute Gasteiger partial charge is 0.278 e. The summed E-state index contributed by atoms with van der Waals surface area (Å²) < 4.78 is 5.75. The van der Waals surface area contributed by atoms with E-state index in [1.54, 1.807) is 0 Å². The summed E-state index contributed by atoms with van der Waals surface area (Å²) in [5.74, 6) is 0.316. The number of thioether (sulfide) groups is 1. The van der Waals surface area contributed by atoms with E-state index >= 15 is 0 Å². The summed E-state index contributed by atoms with van der Waals surface area (Å²) in [6.45, 7) is 0. The molecule has 0 bridgehead atoms. The van der Waals surface area contributed by atoms with E-state index in [1.165, 1.54) is 23.1 Å². The van der Waals surface area contributed by atoms with Crippen molar-refractivity contribution in [2.45, 2.75) is 10.5 Å². The van der Waals surface area contributed by atoms with Crippen molar-refractivity contribution in [3.8, 4) is 10.8 Å². The minimum absolute atomic E-state index is 0.145. The second kappa shape index (κ2) is 8.20. The fourth-order valence-corrected chi connectivity index (χ4v) is 4.01. The van der Waals surface area contributed by atoms with Crippen LogP contribution in [0.4, 0.5) is 5.69 Å². The van der Waals surface area contributed by atoms with Crippen molar-refractivity contribution in [3.63, 3.8) is 0 Å². The molecule has 134 valence electrons. The number of amides is 1. The van der Waals surface area contributed by atoms with Crippen molar-refractivity contribution in [3.05, 3.63) is 83.7 Å². The van der Waals surface area contributed by atoms with Gasteiger partial charge < -0.3 is 9.73 Å². The molecule has 5 nitrogen and oxygen atoms in total. The number of carbonyl (C=O) groups excluding carboxylic acids is 1. The molecule has 1 atom stereocenters. The highest BCUT2D eigenvalue weighted by Crippen LogP contribution is 2.37. The first kappa shape index (κ1) is 17.5. The van der Waals surface area contributed by atoms with Gasteiger partial charge in [0.25, 0.3) is 11.1 Å². The summed E-state index contributed by atoms with van der Waals surface area (Å²) in [5.41, 5.74) is 1.61. The molecule has 0 spiro atoms. The van der Waals surface area contributed by atoms with E-state index in [1.807, 2.05) is 78.2 Å². The lowest BCUT2D eigenvalue weighted by Gasteiger charge is -2.15. The second-order valence-electron chi connectivity index (χ2n) is 5.61. The first-order valence-corrected chi connectivity index (χ1v) is 10.0. The Hall–Kier alpha value is -2.90. The molecule has 27 heavy (non-hydrogen) atoms. The zero-order chi connectivity index (χ0) is 18.5. The van der Waals surface area contributed by atoms with Crippen LogP contribution in [0.25, 0.3) is 10.8 Å². The van der Waals surface area contributed by atoms with Crippen LogP contribution >= 0.6 is 23.1 Å². The van der Waals surface area contributed by atoms with Gasteiger partial charge in [-0.15, -0.1) is 21.5 Å². The van der Waals surface area contributed by atoms with Gasteiger partial charge in [0, 0.05) is 5.69 Å². The number of nitrogens with zero attached hydrogens (tertiary/aromatic N) is 2. The summed E-state index contributed by atoms with van der Waals surface area (Å²) >= 11 is 2.77. The molecule has 0 radical (unpaired) electrons. The van der Waals surface area contributed by atoms with Gasteiger partial charge in [0.05, 0.1) is 4.88 Å². The number of hydrogen-bond donors (Lipinski definition) is 1. The maximum atomic E-state index is 12.9. The normalized spacial score (nSPS) is 11.9. The summed E-state index contributed by atoms with van der Waals surface area (Å²) in [6, 6.07) is 22.8. The third-order valence-corrected chi connectivity index (χ3v) is 5.69. The van der Waals surface area contributed by atoms with Gasteiger partial charge >= 0.3 is 0 Å². The molecular formula is C20H15N3O2S2. The summed E-state index contributed by atoms with van der Waals surface area (Å²) in [6.07, 6.45) is 0. The fraction of sp³-hybridized carbons (Fsp3) is 0.0500. The maximum Gasteiger partial charge on any atom is 0.278 e. The number of rotatable bonds is 6. The highest BCUT2D eigenvalue weighted by atomic mass is 32.2. The molecule has 1 amide bonds. The van der Waals surface area contributed by atoms with E-state index in [2.05, 4.69) is 15.5 Å². The molecule has 0 aliphatic rings. The maximum absolute atomic E-state index is 12.9. The number of hydrogen-bond acceptors (Lipinski definition) is 6. The Morgan fingerprint density at radius 1 is 0.963 bits per heavy atom. The van der Waals surface area contributed by atoms with E-state index in [4.69, 9.17) is 4.42 Å². The summed E-state index contributed by atoms with van der Waals surface area (Å²) in [7, 11) is 0. The van der Waals surface area contributed by atoms with Gasteiger partial charge in [-0.2, -0.15) is 0 Å². The van der Waals surface area contributed by atoms with Gasteiger partial charge in [0.1, 0.15) is 5.25 Å². The van der Waals surface area contributed by atoms with Crippen LogP contribution in [0.1, 0.15) is 10.8 Å². The Morgan fingerprint density at radius 2 is 1.70 bits per heavy atom. The van der Waals surface area contributed by atoms with Crippen LogP contribution in [0.2, 0.25) is 0 Å². The van der Waals surface area contributed by atoms with Crippen LogP contribution in [0, 0.1) is 0 Å². The third kappa shape index (κ3) is 4.27. The number of carbonyl (C=O) groups is 1. The predicted molar refractivity (Wildman–Crippen MR) is 108 cm³/mol. The Balaban J connectivity index is 1.58. The number of aromatic nitrogens is 2. The number of benzene rings is 2. The molecule has 0 fully saturated rings. The van der Waals surface area contributed by atoms with Gasteiger partial charge in [-0.25, -0.2) is 0 Å². The zero-order valence-corrected chi connectivity index (χ0v) is 15.7. The second-order valence-corrected chi connectivity index (χ2v) is 7.62. The first-order chi connectivity index (χ1) is 13.3. The molecule has 2 aromatic heterocycles. The van der Waals surface area contributed by atoms with E-state index in [0.29, 0.717) is 11.1 Å². The summed E-state index contributed by atoms with van der Waals surface area (Å²) in [5, 5.41) is 12.9. The molecule has 4 rings (SSSR count). The zero-order valence-electron chi connectivity index (χ0n) is 14.1. The van der Waals surface area contributed by atoms with Crippen LogP contribution in [0.5, 0.6) is 0 Å². The molecule has 1 unspecified atom stereocenters. The van der Waals surface area contributed by atoms with Crippen molar-refractivity contribution < 1.29 is 9.21 Å². The van der Waals surface area contributed by atoms with E-state index in [-0.39, 0.29) is 5.91 Å². The van der Waals surface area contributed by atoms with Gasteiger partial charge in [0.15, 0.2) is 0 Å². The molecule has 0 saturated heterocycles. The summed E-state index contributed by atoms with van der Waals surface area (Å²) in [4.78, 5) is 13.8. The van der Waals surface area contributed by atoms with Crippen molar-refractivity contribution in [1.82, 2.24) is 10.2 Å². The molecular weight excluding hydrogens is 378 g/mol. The van der Waals surface area contributed by atoms with Crippen LogP contribution in [-0.2, 0) is 4.79 Å². The minimum Gasteiger partial charge on any atom is -0.410 e. The Kier molecular flexibility index (Phi) is 5.32. The standard InChI is InChI=1S/C20H15N3O2S2/c24-18(21-15-10-5-2-6-11-15)17(14-8-3-1-4-9-14)27-20-23-22-19(25-20)16-12-7-13-26-16/h1-13,17H,(H,21,24). The SMILES string of the molecule is O=C(Nc1ccccc1)C(Sc1nnc(-c2cccs2)o1)c1ccccc1. The topological polar surface area (TPSA) is 68.0 Å². The van der Waals surface area contributed by atoms with E-state index in [0.717, 1.165) is 16.1 Å². The molecule has 0 aliphatic carbocycles. The monoisotopic (exact) mass is 393 g/mol. The van der Waals surface area contributed by atoms with Gasteiger partial charge in [-0.05, 0) is 40.9 Å². The van der Waals surface area contributed by atoms with Crippen LogP contribution in [0.15, 0.2) is 87.8 Å². The van der Waals surface area contributed by atoms with Crippen LogP contribution in [-0.4, -0.2) is 16.1 Å². The van der Waals surface area contributed by atoms with Gasteiger partial charge in [-0.1, -0.05) is 54.6 Å². The highest BCUT2D eigenvalue weighted by Gasteiger charge is 2.25. The van der Waals surface area contributed by atoms with E-state index < -0.39 is 5.25 Å². The van der Waals surface area contributed by atoms with E-state index in [9.17, 15) is 4.79 Å². The number of nitrogens with one attached hydrogen (secondary N) is 1. The van der Waals surface area contributed by atoms with Crippen molar-refractivity contribution >= 4 is 34.7 Å². The third-order valence-electron chi connectivity index (χ3n) is 3.74. The molecule has 1 N–H and O–H groups in total. The quantitative estimate of drug-likeness (QED) is 0.452. The first-order valence-electron chi connectivity index (χ1n) is 8.24. The lowest BCUT2D eigenvalue weighted by molar-refractivity contribution is -0.115. The Morgan fingerprint density at radius 3 is 2.41 bits per heavy atom. The number of para-hydroxylation sites is 1. The van der Waals surface area contributed by atoms with Crippen molar-refractivity contribution in [1.29, 1.82) is 0 Å². The van der Waals surface area contributed by atoms with Crippen LogP contribution in [0.3, 0.4) is 0 Å². The largest absolute Gasteiger partial charge is 0.410 e.